The van der Waals surface area contributed by atoms with E-state index in [0.29, 0.717) is 19.5 Å². The second-order valence-electron chi connectivity index (χ2n) is 9.68. The third-order valence-electron chi connectivity index (χ3n) is 7.55. The van der Waals surface area contributed by atoms with Crippen molar-refractivity contribution >= 4 is 11.8 Å². The molecule has 35 heavy (non-hydrogen) atoms. The van der Waals surface area contributed by atoms with E-state index < -0.39 is 11.5 Å². The minimum absolute atomic E-state index is 0.0446. The number of carbonyl (C=O) groups excluding carboxylic acids is 2. The van der Waals surface area contributed by atoms with Crippen molar-refractivity contribution in [3.8, 4) is 5.75 Å². The van der Waals surface area contributed by atoms with Crippen molar-refractivity contribution in [1.82, 2.24) is 10.2 Å². The summed E-state index contributed by atoms with van der Waals surface area (Å²) < 4.78 is 5.72. The highest BCUT2D eigenvalue weighted by molar-refractivity contribution is 5.88. The van der Waals surface area contributed by atoms with Gasteiger partial charge in [0.15, 0.2) is 0 Å². The number of ether oxygens (including phenoxy) is 1. The van der Waals surface area contributed by atoms with Crippen LogP contribution in [0.15, 0.2) is 84.9 Å². The van der Waals surface area contributed by atoms with E-state index >= 15 is 0 Å². The summed E-state index contributed by atoms with van der Waals surface area (Å²) in [7, 11) is 1.68. The SMILES string of the molecule is COc1ccccc1[C@@H]1CN(C(=O)C(c2ccccc2)c2ccccc2)C[C@]12CCCCC(=O)N2. The fraction of sp³-hybridized carbons (Fsp3) is 0.333. The molecule has 5 heteroatoms. The Labute approximate surface area is 207 Å². The largest absolute Gasteiger partial charge is 0.496 e. The van der Waals surface area contributed by atoms with E-state index in [9.17, 15) is 9.59 Å². The molecule has 2 atom stereocenters. The van der Waals surface area contributed by atoms with Gasteiger partial charge in [0.2, 0.25) is 11.8 Å². The van der Waals surface area contributed by atoms with Gasteiger partial charge in [-0.1, -0.05) is 85.3 Å². The number of para-hydroxylation sites is 1. The van der Waals surface area contributed by atoms with Gasteiger partial charge in [0.05, 0.1) is 18.6 Å². The van der Waals surface area contributed by atoms with Crippen LogP contribution in [0.5, 0.6) is 5.75 Å². The van der Waals surface area contributed by atoms with Crippen molar-refractivity contribution in [2.75, 3.05) is 20.2 Å². The van der Waals surface area contributed by atoms with Crippen molar-refractivity contribution < 1.29 is 14.3 Å². The number of amides is 2. The number of methoxy groups -OCH3 is 1. The Morgan fingerprint density at radius 3 is 2.23 bits per heavy atom. The first-order valence-corrected chi connectivity index (χ1v) is 12.4. The van der Waals surface area contributed by atoms with Gasteiger partial charge in [0, 0.05) is 31.0 Å². The maximum atomic E-state index is 14.3. The Kier molecular flexibility index (Phi) is 6.58. The van der Waals surface area contributed by atoms with Crippen molar-refractivity contribution in [3.63, 3.8) is 0 Å². The highest BCUT2D eigenvalue weighted by atomic mass is 16.5. The van der Waals surface area contributed by atoms with E-state index in [1.807, 2.05) is 83.8 Å². The second-order valence-corrected chi connectivity index (χ2v) is 9.68. The van der Waals surface area contributed by atoms with Crippen LogP contribution in [0.1, 0.15) is 54.2 Å². The van der Waals surface area contributed by atoms with Gasteiger partial charge in [-0.05, 0) is 30.0 Å². The molecule has 3 aromatic carbocycles. The molecule has 3 aromatic rings. The molecule has 2 aliphatic rings. The Hall–Kier alpha value is -3.60. The molecule has 2 saturated heterocycles. The van der Waals surface area contributed by atoms with E-state index in [1.54, 1.807) is 7.11 Å². The molecular formula is C30H32N2O3. The molecule has 5 rings (SSSR count). The molecule has 0 saturated carbocycles. The summed E-state index contributed by atoms with van der Waals surface area (Å²) in [5.41, 5.74) is 2.49. The summed E-state index contributed by atoms with van der Waals surface area (Å²) in [5.74, 6) is 0.494. The number of rotatable bonds is 5. The predicted octanol–water partition coefficient (Wildman–Crippen LogP) is 4.88. The zero-order chi connectivity index (χ0) is 24.3. The summed E-state index contributed by atoms with van der Waals surface area (Å²) in [6, 6.07) is 27.9. The van der Waals surface area contributed by atoms with Crippen LogP contribution >= 0.6 is 0 Å². The molecule has 1 N–H and O–H groups in total. The third-order valence-corrected chi connectivity index (χ3v) is 7.55. The third kappa shape index (κ3) is 4.55. The first-order chi connectivity index (χ1) is 17.1. The highest BCUT2D eigenvalue weighted by Crippen LogP contribution is 2.45. The van der Waals surface area contributed by atoms with E-state index in [1.165, 1.54) is 0 Å². The number of nitrogens with one attached hydrogen (secondary N) is 1. The normalized spacial score (nSPS) is 22.2. The minimum Gasteiger partial charge on any atom is -0.496 e. The zero-order valence-corrected chi connectivity index (χ0v) is 20.2. The molecule has 2 aliphatic heterocycles. The fourth-order valence-corrected chi connectivity index (χ4v) is 5.89. The summed E-state index contributed by atoms with van der Waals surface area (Å²) in [5, 5.41) is 3.37. The molecule has 1 spiro atoms. The van der Waals surface area contributed by atoms with Crippen molar-refractivity contribution in [1.29, 1.82) is 0 Å². The van der Waals surface area contributed by atoms with Crippen LogP contribution in [-0.4, -0.2) is 42.5 Å². The standard InChI is InChI=1S/C30H32N2O3/c1-35-26-17-9-8-16-24(26)25-20-32(21-30(25)19-11-10-18-27(33)31-30)29(34)28(22-12-4-2-5-13-22)23-14-6-3-7-15-23/h2-9,12-17,25,28H,10-11,18-21H2,1H3,(H,31,33)/t25-,30+/m0/s1. The fourth-order valence-electron chi connectivity index (χ4n) is 5.89. The van der Waals surface area contributed by atoms with Gasteiger partial charge < -0.3 is 15.0 Å². The lowest BCUT2D eigenvalue weighted by atomic mass is 9.78. The van der Waals surface area contributed by atoms with Gasteiger partial charge >= 0.3 is 0 Å². The first-order valence-electron chi connectivity index (χ1n) is 12.4. The van der Waals surface area contributed by atoms with Gasteiger partial charge in [-0.2, -0.15) is 0 Å². The lowest BCUT2D eigenvalue weighted by molar-refractivity contribution is -0.131. The van der Waals surface area contributed by atoms with Gasteiger partial charge in [0.25, 0.3) is 0 Å². The van der Waals surface area contributed by atoms with E-state index in [0.717, 1.165) is 41.7 Å². The molecule has 0 unspecified atom stereocenters. The zero-order valence-electron chi connectivity index (χ0n) is 20.2. The van der Waals surface area contributed by atoms with Gasteiger partial charge in [-0.15, -0.1) is 0 Å². The summed E-state index contributed by atoms with van der Waals surface area (Å²) >= 11 is 0. The molecule has 2 amide bonds. The number of hydrogen-bond donors (Lipinski definition) is 1. The molecule has 0 bridgehead atoms. The lowest BCUT2D eigenvalue weighted by Gasteiger charge is -2.35. The number of carbonyl (C=O) groups is 2. The van der Waals surface area contributed by atoms with E-state index in [2.05, 4.69) is 11.4 Å². The Balaban J connectivity index is 1.55. The monoisotopic (exact) mass is 468 g/mol. The van der Waals surface area contributed by atoms with E-state index in [4.69, 9.17) is 4.74 Å². The van der Waals surface area contributed by atoms with Crippen LogP contribution in [0.25, 0.3) is 0 Å². The Morgan fingerprint density at radius 2 is 1.57 bits per heavy atom. The quantitative estimate of drug-likeness (QED) is 0.581. The maximum Gasteiger partial charge on any atom is 0.234 e. The predicted molar refractivity (Wildman–Crippen MR) is 136 cm³/mol. The van der Waals surface area contributed by atoms with Crippen LogP contribution < -0.4 is 10.1 Å². The molecule has 0 aliphatic carbocycles. The van der Waals surface area contributed by atoms with Crippen LogP contribution in [-0.2, 0) is 9.59 Å². The van der Waals surface area contributed by atoms with Gasteiger partial charge in [0.1, 0.15) is 5.75 Å². The van der Waals surface area contributed by atoms with Crippen molar-refractivity contribution in [2.24, 2.45) is 0 Å². The van der Waals surface area contributed by atoms with Crippen molar-refractivity contribution in [2.45, 2.75) is 43.1 Å². The molecule has 5 nitrogen and oxygen atoms in total. The molecule has 2 heterocycles. The average molecular weight is 469 g/mol. The summed E-state index contributed by atoms with van der Waals surface area (Å²) in [6.45, 7) is 1.03. The number of benzene rings is 3. The first kappa shape index (κ1) is 23.2. The lowest BCUT2D eigenvalue weighted by Crippen LogP contribution is -2.53. The Morgan fingerprint density at radius 1 is 0.943 bits per heavy atom. The molecule has 0 radical (unpaired) electrons. The molecule has 2 fully saturated rings. The number of nitrogens with zero attached hydrogens (tertiary/aromatic N) is 1. The second kappa shape index (κ2) is 9.95. The van der Waals surface area contributed by atoms with Gasteiger partial charge in [-0.25, -0.2) is 0 Å². The number of likely N-dealkylation sites (tertiary alicyclic amines) is 1. The Bertz CT molecular complexity index is 1140. The van der Waals surface area contributed by atoms with E-state index in [-0.39, 0.29) is 17.7 Å². The molecule has 0 aromatic heterocycles. The summed E-state index contributed by atoms with van der Waals surface area (Å²) in [4.78, 5) is 29.0. The van der Waals surface area contributed by atoms with Crippen LogP contribution in [0, 0.1) is 0 Å². The van der Waals surface area contributed by atoms with Crippen LogP contribution in [0.4, 0.5) is 0 Å². The van der Waals surface area contributed by atoms with Crippen molar-refractivity contribution in [3.05, 3.63) is 102 Å². The van der Waals surface area contributed by atoms with Crippen LogP contribution in [0.2, 0.25) is 0 Å². The topological polar surface area (TPSA) is 58.6 Å². The molecule has 180 valence electrons. The minimum atomic E-state index is -0.504. The maximum absolute atomic E-state index is 14.3. The smallest absolute Gasteiger partial charge is 0.234 e. The van der Waals surface area contributed by atoms with Gasteiger partial charge in [-0.3, -0.25) is 9.59 Å². The summed E-state index contributed by atoms with van der Waals surface area (Å²) in [6.07, 6.45) is 3.20. The molecular weight excluding hydrogens is 436 g/mol. The van der Waals surface area contributed by atoms with Crippen LogP contribution in [0.3, 0.4) is 0 Å². The average Bonchev–Trinajstić information content (AvgIpc) is 3.15. The number of hydrogen-bond acceptors (Lipinski definition) is 3. The highest BCUT2D eigenvalue weighted by Gasteiger charge is 2.51.